The maximum Gasteiger partial charge on any atom is 0.351 e. The standard InChI is InChI=1S/C41H48ClN9O6/c1-40(2)37(41(3,4)38(40)57-28-10-8-26(23-43)30(42)22-28)46-35(53)27-9-13-32(44-24-27)49-19-17-48(18-20-49)16-6-5-7-21-56-29-11-14-33-47-51(39(55)50(33)25-29)31-12-15-34(52)45-36(31)54/h8-11,13-14,22,24-25,31,37-38H,5-7,12,15-21H2,1-4H3,(H,46,53)(H,45,52,54)/t31-,37?,38?/m1/s1. The first kappa shape index (κ1) is 39.8. The maximum atomic E-state index is 13.4. The fraction of sp³-hybridized carbons (Fsp3) is 0.488. The van der Waals surface area contributed by atoms with Crippen LogP contribution in [0, 0.1) is 22.2 Å². The number of carbonyl (C=O) groups excluding carboxylic acids is 3. The number of nitriles is 1. The number of ether oxygens (including phenoxy) is 2. The van der Waals surface area contributed by atoms with Crippen molar-refractivity contribution in [3.8, 4) is 17.6 Å². The van der Waals surface area contributed by atoms with E-state index in [1.54, 1.807) is 42.7 Å². The molecule has 2 saturated heterocycles. The first-order valence-corrected chi connectivity index (χ1v) is 19.8. The van der Waals surface area contributed by atoms with E-state index in [1.807, 2.05) is 12.1 Å². The molecule has 3 aromatic heterocycles. The Morgan fingerprint density at radius 1 is 1.00 bits per heavy atom. The van der Waals surface area contributed by atoms with Gasteiger partial charge in [0.1, 0.15) is 35.5 Å². The van der Waals surface area contributed by atoms with Gasteiger partial charge < -0.3 is 19.7 Å². The van der Waals surface area contributed by atoms with E-state index in [4.69, 9.17) is 21.1 Å². The van der Waals surface area contributed by atoms with Crippen LogP contribution in [0.3, 0.4) is 0 Å². The summed E-state index contributed by atoms with van der Waals surface area (Å²) in [6, 6.07) is 13.4. The van der Waals surface area contributed by atoms with E-state index in [0.717, 1.165) is 62.5 Å². The lowest BCUT2D eigenvalue weighted by molar-refractivity contribution is -0.164. The summed E-state index contributed by atoms with van der Waals surface area (Å²) in [5.41, 5.74) is 0.121. The fourth-order valence-corrected chi connectivity index (χ4v) is 8.91. The zero-order chi connectivity index (χ0) is 40.5. The molecule has 2 aliphatic heterocycles. The van der Waals surface area contributed by atoms with E-state index in [0.29, 0.717) is 39.9 Å². The number of benzene rings is 1. The van der Waals surface area contributed by atoms with Crippen LogP contribution in [0.25, 0.3) is 5.65 Å². The van der Waals surface area contributed by atoms with Crippen molar-refractivity contribution >= 4 is 40.8 Å². The number of hydrogen-bond acceptors (Lipinski definition) is 11. The zero-order valence-corrected chi connectivity index (χ0v) is 33.4. The third kappa shape index (κ3) is 8.20. The molecule has 0 bridgehead atoms. The van der Waals surface area contributed by atoms with Crippen LogP contribution in [0.5, 0.6) is 11.5 Å². The average molecular weight is 798 g/mol. The molecule has 1 saturated carbocycles. The first-order valence-electron chi connectivity index (χ1n) is 19.4. The molecule has 57 heavy (non-hydrogen) atoms. The summed E-state index contributed by atoms with van der Waals surface area (Å²) in [4.78, 5) is 59.5. The Hall–Kier alpha value is -5.46. The Balaban J connectivity index is 0.813. The van der Waals surface area contributed by atoms with Crippen molar-refractivity contribution in [3.05, 3.63) is 81.5 Å². The smallest absolute Gasteiger partial charge is 0.351 e. The van der Waals surface area contributed by atoms with Crippen molar-refractivity contribution in [1.29, 1.82) is 5.26 Å². The number of nitrogens with zero attached hydrogens (tertiary/aromatic N) is 7. The quantitative estimate of drug-likeness (QED) is 0.145. The number of anilines is 1. The lowest BCUT2D eigenvalue weighted by Crippen LogP contribution is -2.74. The average Bonchev–Trinajstić information content (AvgIpc) is 3.52. The van der Waals surface area contributed by atoms with Gasteiger partial charge in [-0.15, -0.1) is 5.10 Å². The normalized spacial score (nSPS) is 21.7. The molecule has 3 aliphatic rings. The second kappa shape index (κ2) is 16.2. The van der Waals surface area contributed by atoms with Crippen LogP contribution in [0.2, 0.25) is 5.02 Å². The van der Waals surface area contributed by atoms with Crippen LogP contribution in [-0.2, 0) is 9.59 Å². The molecule has 0 unspecified atom stereocenters. The topological polar surface area (TPSA) is 176 Å². The highest BCUT2D eigenvalue weighted by atomic mass is 35.5. The van der Waals surface area contributed by atoms with Gasteiger partial charge in [0.05, 0.1) is 29.0 Å². The second-order valence-corrected chi connectivity index (χ2v) is 16.6. The number of piperidine rings is 1. The second-order valence-electron chi connectivity index (χ2n) is 16.2. The molecule has 5 heterocycles. The summed E-state index contributed by atoms with van der Waals surface area (Å²) in [6.45, 7) is 13.4. The number of amides is 3. The number of unbranched alkanes of at least 4 members (excludes halogenated alkanes) is 2. The predicted octanol–water partition coefficient (Wildman–Crippen LogP) is 4.38. The van der Waals surface area contributed by atoms with E-state index in [9.17, 15) is 24.4 Å². The van der Waals surface area contributed by atoms with E-state index in [-0.39, 0.29) is 47.6 Å². The summed E-state index contributed by atoms with van der Waals surface area (Å²) >= 11 is 6.24. The molecule has 1 aromatic carbocycles. The number of hydrogen-bond donors (Lipinski definition) is 2. The van der Waals surface area contributed by atoms with Gasteiger partial charge in [0.15, 0.2) is 5.65 Å². The SMILES string of the molecule is CC1(C)C(NC(=O)c2ccc(N3CCN(CCCCCOc4ccc5nn([C@@H]6CCC(=O)NC6=O)c(=O)n5c4)CC3)nc2)C(C)(C)C1Oc1ccc(C#N)c(Cl)c1. The Kier molecular flexibility index (Phi) is 11.3. The number of imide groups is 1. The Morgan fingerprint density at radius 3 is 2.44 bits per heavy atom. The molecule has 300 valence electrons. The number of pyridine rings is 2. The van der Waals surface area contributed by atoms with Crippen molar-refractivity contribution in [2.45, 2.75) is 78.0 Å². The van der Waals surface area contributed by atoms with Crippen LogP contribution in [0.4, 0.5) is 5.82 Å². The van der Waals surface area contributed by atoms with E-state index in [1.165, 1.54) is 4.40 Å². The third-order valence-electron chi connectivity index (χ3n) is 11.5. The van der Waals surface area contributed by atoms with Crippen molar-refractivity contribution in [2.75, 3.05) is 44.2 Å². The van der Waals surface area contributed by atoms with Crippen LogP contribution in [0.15, 0.2) is 59.7 Å². The first-order chi connectivity index (χ1) is 27.3. The van der Waals surface area contributed by atoms with Gasteiger partial charge in [0, 0.05) is 61.7 Å². The summed E-state index contributed by atoms with van der Waals surface area (Å²) < 4.78 is 14.8. The fourth-order valence-electron chi connectivity index (χ4n) is 8.70. The number of fused-ring (bicyclic) bond motifs is 1. The summed E-state index contributed by atoms with van der Waals surface area (Å²) in [7, 11) is 0. The van der Waals surface area contributed by atoms with Gasteiger partial charge in [-0.1, -0.05) is 39.3 Å². The number of aromatic nitrogens is 4. The van der Waals surface area contributed by atoms with Crippen molar-refractivity contribution in [2.24, 2.45) is 10.8 Å². The van der Waals surface area contributed by atoms with Crippen LogP contribution in [-0.4, -0.2) is 93.3 Å². The number of halogens is 1. The minimum absolute atomic E-state index is 0.148. The molecule has 3 fully saturated rings. The summed E-state index contributed by atoms with van der Waals surface area (Å²) in [6.07, 6.45) is 6.34. The molecule has 2 N–H and O–H groups in total. The van der Waals surface area contributed by atoms with Crippen LogP contribution >= 0.6 is 11.6 Å². The third-order valence-corrected chi connectivity index (χ3v) is 11.9. The van der Waals surface area contributed by atoms with Gasteiger partial charge in [-0.2, -0.15) is 9.94 Å². The predicted molar refractivity (Wildman–Crippen MR) is 213 cm³/mol. The molecule has 1 aliphatic carbocycles. The zero-order valence-electron chi connectivity index (χ0n) is 32.7. The van der Waals surface area contributed by atoms with Crippen molar-refractivity contribution < 1.29 is 23.9 Å². The Bertz CT molecular complexity index is 2240. The molecule has 1 atom stereocenters. The van der Waals surface area contributed by atoms with Gasteiger partial charge in [0.25, 0.3) is 11.8 Å². The van der Waals surface area contributed by atoms with Crippen LogP contribution in [0.1, 0.15) is 81.8 Å². The highest BCUT2D eigenvalue weighted by Crippen LogP contribution is 2.55. The molecule has 0 radical (unpaired) electrons. The largest absolute Gasteiger partial charge is 0.492 e. The minimum Gasteiger partial charge on any atom is -0.492 e. The molecular formula is C41H48ClN9O6. The van der Waals surface area contributed by atoms with Crippen molar-refractivity contribution in [1.82, 2.24) is 34.7 Å². The molecule has 3 amide bonds. The minimum atomic E-state index is -0.814. The van der Waals surface area contributed by atoms with Gasteiger partial charge in [-0.3, -0.25) is 24.6 Å². The molecule has 0 spiro atoms. The van der Waals surface area contributed by atoms with Gasteiger partial charge >= 0.3 is 5.69 Å². The van der Waals surface area contributed by atoms with E-state index >= 15 is 0 Å². The van der Waals surface area contributed by atoms with Gasteiger partial charge in [-0.25, -0.2) is 14.2 Å². The lowest BCUT2D eigenvalue weighted by Gasteiger charge is -2.63. The Morgan fingerprint density at radius 2 is 1.75 bits per heavy atom. The number of nitrogens with one attached hydrogen (secondary N) is 2. The Labute approximate surface area is 335 Å². The van der Waals surface area contributed by atoms with E-state index < -0.39 is 17.6 Å². The highest BCUT2D eigenvalue weighted by molar-refractivity contribution is 6.31. The molecule has 16 heteroatoms. The molecule has 15 nitrogen and oxygen atoms in total. The molecule has 7 rings (SSSR count). The molecular weight excluding hydrogens is 750 g/mol. The maximum absolute atomic E-state index is 13.4. The van der Waals surface area contributed by atoms with Crippen LogP contribution < -0.4 is 30.7 Å². The molecule has 4 aromatic rings. The summed E-state index contributed by atoms with van der Waals surface area (Å²) in [5.74, 6) is 0.949. The van der Waals surface area contributed by atoms with Gasteiger partial charge in [-0.05, 0) is 68.6 Å². The number of carbonyl (C=O) groups is 3. The number of rotatable bonds is 13. The lowest BCUT2D eigenvalue weighted by atomic mass is 9.49. The summed E-state index contributed by atoms with van der Waals surface area (Å²) in [5, 5.41) is 19.3. The van der Waals surface area contributed by atoms with E-state index in [2.05, 4.69) is 64.3 Å². The monoisotopic (exact) mass is 797 g/mol. The number of piperazine rings is 1. The highest BCUT2D eigenvalue weighted by Gasteiger charge is 2.64. The van der Waals surface area contributed by atoms with Crippen molar-refractivity contribution in [3.63, 3.8) is 0 Å². The van der Waals surface area contributed by atoms with Gasteiger partial charge in [0.2, 0.25) is 5.91 Å².